The van der Waals surface area contributed by atoms with Crippen LogP contribution in [0.25, 0.3) is 10.9 Å². The Labute approximate surface area is 117 Å². The number of nitrogens with zero attached hydrogens (tertiary/aromatic N) is 2. The lowest BCUT2D eigenvalue weighted by Gasteiger charge is -2.22. The van der Waals surface area contributed by atoms with Crippen molar-refractivity contribution < 1.29 is 0 Å². The van der Waals surface area contributed by atoms with Gasteiger partial charge in [0, 0.05) is 18.1 Å². The van der Waals surface area contributed by atoms with Gasteiger partial charge in [0.2, 0.25) is 0 Å². The first-order chi connectivity index (χ1) is 8.74. The van der Waals surface area contributed by atoms with Crippen molar-refractivity contribution in [3.05, 3.63) is 28.6 Å². The Morgan fingerprint density at radius 2 is 2.00 bits per heavy atom. The summed E-state index contributed by atoms with van der Waals surface area (Å²) in [6.07, 6.45) is 8.91. The van der Waals surface area contributed by atoms with Crippen LogP contribution in [0.2, 0.25) is 10.3 Å². The quantitative estimate of drug-likeness (QED) is 0.715. The number of halogens is 2. The van der Waals surface area contributed by atoms with Crippen molar-refractivity contribution in [1.29, 1.82) is 0 Å². The van der Waals surface area contributed by atoms with Gasteiger partial charge in [-0.25, -0.2) is 4.98 Å². The Kier molecular flexibility index (Phi) is 3.49. The van der Waals surface area contributed by atoms with Crippen molar-refractivity contribution in [2.24, 2.45) is 5.92 Å². The summed E-state index contributed by atoms with van der Waals surface area (Å²) in [5.41, 5.74) is 1.10. The number of fused-ring (bicyclic) bond motifs is 1. The van der Waals surface area contributed by atoms with E-state index >= 15 is 0 Å². The summed E-state index contributed by atoms with van der Waals surface area (Å²) in [6.45, 7) is 1.07. The minimum Gasteiger partial charge on any atom is -0.347 e. The van der Waals surface area contributed by atoms with Crippen LogP contribution >= 0.6 is 23.2 Å². The first kappa shape index (κ1) is 12.3. The number of rotatable bonds is 2. The Morgan fingerprint density at radius 3 is 2.78 bits per heavy atom. The summed E-state index contributed by atoms with van der Waals surface area (Å²) in [5.74, 6) is 0.792. The maximum atomic E-state index is 6.11. The molecule has 18 heavy (non-hydrogen) atoms. The van der Waals surface area contributed by atoms with E-state index in [0.29, 0.717) is 10.3 Å². The fraction of sp³-hybridized carbons (Fsp3) is 0.500. The summed E-state index contributed by atoms with van der Waals surface area (Å²) >= 11 is 12.1. The Bertz CT molecular complexity index is 556. The molecule has 3 rings (SSSR count). The van der Waals surface area contributed by atoms with Gasteiger partial charge in [-0.2, -0.15) is 0 Å². The molecular weight excluding hydrogens is 267 g/mol. The summed E-state index contributed by atoms with van der Waals surface area (Å²) in [5, 5.41) is 1.97. The van der Waals surface area contributed by atoms with Crippen molar-refractivity contribution in [1.82, 2.24) is 9.55 Å². The first-order valence-corrected chi connectivity index (χ1v) is 7.30. The Hall–Kier alpha value is -0.730. The molecule has 1 fully saturated rings. The van der Waals surface area contributed by atoms with E-state index in [1.807, 2.05) is 12.1 Å². The zero-order chi connectivity index (χ0) is 12.5. The van der Waals surface area contributed by atoms with Gasteiger partial charge in [0.15, 0.2) is 0 Å². The molecule has 0 aliphatic heterocycles. The van der Waals surface area contributed by atoms with Crippen LogP contribution in [0, 0.1) is 5.92 Å². The molecule has 0 atom stereocenters. The summed E-state index contributed by atoms with van der Waals surface area (Å²) in [7, 11) is 0. The zero-order valence-electron chi connectivity index (χ0n) is 10.2. The van der Waals surface area contributed by atoms with Gasteiger partial charge in [-0.1, -0.05) is 42.5 Å². The van der Waals surface area contributed by atoms with Crippen LogP contribution in [-0.4, -0.2) is 9.55 Å². The summed E-state index contributed by atoms with van der Waals surface area (Å²) in [6, 6.07) is 3.94. The zero-order valence-corrected chi connectivity index (χ0v) is 11.7. The molecule has 0 amide bonds. The van der Waals surface area contributed by atoms with Crippen molar-refractivity contribution in [3.8, 4) is 0 Å². The van der Waals surface area contributed by atoms with Crippen LogP contribution < -0.4 is 0 Å². The van der Waals surface area contributed by atoms with Crippen LogP contribution in [-0.2, 0) is 6.54 Å². The predicted octanol–water partition coefficient (Wildman–Crippen LogP) is 4.92. The molecule has 0 saturated heterocycles. The van der Waals surface area contributed by atoms with Crippen LogP contribution in [0.4, 0.5) is 0 Å². The molecule has 1 saturated carbocycles. The van der Waals surface area contributed by atoms with E-state index in [1.165, 1.54) is 32.1 Å². The van der Waals surface area contributed by atoms with Gasteiger partial charge in [-0.05, 0) is 30.9 Å². The minimum absolute atomic E-state index is 0.469. The average molecular weight is 283 g/mol. The fourth-order valence-corrected chi connectivity index (χ4v) is 3.41. The lowest BCUT2D eigenvalue weighted by Crippen LogP contribution is -2.13. The molecule has 0 N–H and O–H groups in total. The Morgan fingerprint density at radius 1 is 1.22 bits per heavy atom. The molecule has 1 aliphatic carbocycles. The fourth-order valence-electron chi connectivity index (χ4n) is 2.93. The highest BCUT2D eigenvalue weighted by Gasteiger charge is 2.15. The molecule has 4 heteroatoms. The second-order valence-corrected chi connectivity index (χ2v) is 5.89. The maximum absolute atomic E-state index is 6.11. The number of hydrogen-bond donors (Lipinski definition) is 0. The van der Waals surface area contributed by atoms with Gasteiger partial charge in [-0.3, -0.25) is 0 Å². The van der Waals surface area contributed by atoms with E-state index in [0.717, 1.165) is 23.4 Å². The highest BCUT2D eigenvalue weighted by molar-refractivity contribution is 6.36. The lowest BCUT2D eigenvalue weighted by atomic mass is 9.89. The van der Waals surface area contributed by atoms with E-state index in [9.17, 15) is 0 Å². The normalized spacial score (nSPS) is 17.4. The topological polar surface area (TPSA) is 17.8 Å². The Balaban J connectivity index is 1.92. The molecule has 0 unspecified atom stereocenters. The van der Waals surface area contributed by atoms with Crippen molar-refractivity contribution in [2.75, 3.05) is 0 Å². The van der Waals surface area contributed by atoms with Crippen LogP contribution in [0.1, 0.15) is 32.1 Å². The third kappa shape index (κ3) is 2.36. The van der Waals surface area contributed by atoms with Crippen molar-refractivity contribution in [2.45, 2.75) is 38.6 Å². The van der Waals surface area contributed by atoms with Crippen molar-refractivity contribution >= 4 is 34.1 Å². The van der Waals surface area contributed by atoms with Gasteiger partial charge >= 0.3 is 0 Å². The second kappa shape index (κ2) is 5.10. The van der Waals surface area contributed by atoms with Gasteiger partial charge < -0.3 is 4.57 Å². The van der Waals surface area contributed by atoms with E-state index in [2.05, 4.69) is 15.7 Å². The van der Waals surface area contributed by atoms with Crippen molar-refractivity contribution in [3.63, 3.8) is 0 Å². The molecule has 0 bridgehead atoms. The van der Waals surface area contributed by atoms with E-state index < -0.39 is 0 Å². The standard InChI is InChI=1S/C14H16Cl2N2/c15-13-8-12-11(14(16)17-13)6-7-18(12)9-10-4-2-1-3-5-10/h6-8,10H,1-5,9H2. The van der Waals surface area contributed by atoms with E-state index in [-0.39, 0.29) is 0 Å². The third-order valence-corrected chi connectivity index (χ3v) is 4.35. The largest absolute Gasteiger partial charge is 0.347 e. The van der Waals surface area contributed by atoms with Gasteiger partial charge in [0.1, 0.15) is 10.3 Å². The molecule has 0 aromatic carbocycles. The first-order valence-electron chi connectivity index (χ1n) is 6.55. The van der Waals surface area contributed by atoms with Crippen LogP contribution in [0.5, 0.6) is 0 Å². The maximum Gasteiger partial charge on any atom is 0.140 e. The van der Waals surface area contributed by atoms with Gasteiger partial charge in [0.25, 0.3) is 0 Å². The van der Waals surface area contributed by atoms with E-state index in [1.54, 1.807) is 0 Å². The average Bonchev–Trinajstić information content (AvgIpc) is 2.74. The minimum atomic E-state index is 0.469. The predicted molar refractivity (Wildman–Crippen MR) is 76.3 cm³/mol. The second-order valence-electron chi connectivity index (χ2n) is 5.14. The molecule has 0 radical (unpaired) electrons. The van der Waals surface area contributed by atoms with Crippen LogP contribution in [0.15, 0.2) is 18.3 Å². The van der Waals surface area contributed by atoms with Gasteiger partial charge in [0.05, 0.1) is 5.52 Å². The number of pyridine rings is 1. The number of hydrogen-bond acceptors (Lipinski definition) is 1. The molecular formula is C14H16Cl2N2. The smallest absolute Gasteiger partial charge is 0.140 e. The summed E-state index contributed by atoms with van der Waals surface area (Å²) in [4.78, 5) is 4.08. The highest BCUT2D eigenvalue weighted by Crippen LogP contribution is 2.29. The molecule has 2 heterocycles. The molecule has 96 valence electrons. The molecule has 1 aliphatic rings. The lowest BCUT2D eigenvalue weighted by molar-refractivity contribution is 0.322. The number of aromatic nitrogens is 2. The molecule has 2 aromatic rings. The van der Waals surface area contributed by atoms with Gasteiger partial charge in [-0.15, -0.1) is 0 Å². The SMILES string of the molecule is Clc1cc2c(ccn2CC2CCCCC2)c(Cl)n1. The van der Waals surface area contributed by atoms with E-state index in [4.69, 9.17) is 23.2 Å². The highest BCUT2D eigenvalue weighted by atomic mass is 35.5. The monoisotopic (exact) mass is 282 g/mol. The molecule has 0 spiro atoms. The molecule has 2 aromatic heterocycles. The third-order valence-electron chi connectivity index (χ3n) is 3.87. The van der Waals surface area contributed by atoms with Crippen LogP contribution in [0.3, 0.4) is 0 Å². The molecule has 2 nitrogen and oxygen atoms in total. The summed E-state index contributed by atoms with van der Waals surface area (Å²) < 4.78 is 2.27.